The largest absolute Gasteiger partial charge is 0.503 e. The van der Waals surface area contributed by atoms with Crippen molar-refractivity contribution >= 4 is 23.4 Å². The number of likely N-dealkylation sites (N-methyl/N-ethyl adjacent to an activating group) is 1. The first kappa shape index (κ1) is 29.6. The standard InChI is InChI=1S/C29H29F3N2O3.CH2O3/c1-3-18-14-21(36-17-22-16-34(2)26-6-4-5-7-27(26)37-22)11-12-23(18)28(35)33-25-15-20(19-8-9-19)10-13-24(25)29(30,31)32;2-1(3)4/h4-7,10-15,19,22H,3,8-9,16-17H2,1-2H3,(H,33,35);(H2,2,3,4)/t22-;/m0./s1. The molecule has 3 N–H and O–H groups in total. The van der Waals surface area contributed by atoms with E-state index in [1.54, 1.807) is 18.2 Å². The molecule has 1 saturated carbocycles. The van der Waals surface area contributed by atoms with E-state index in [9.17, 15) is 18.0 Å². The average molecular weight is 573 g/mol. The summed E-state index contributed by atoms with van der Waals surface area (Å²) in [6.07, 6.45) is -4.15. The molecule has 41 heavy (non-hydrogen) atoms. The summed E-state index contributed by atoms with van der Waals surface area (Å²) in [6.45, 7) is 2.87. The number of nitrogens with zero attached hydrogens (tertiary/aromatic N) is 1. The fraction of sp³-hybridized carbons (Fsp3) is 0.333. The van der Waals surface area contributed by atoms with Crippen LogP contribution in [-0.2, 0) is 12.6 Å². The number of amides is 1. The lowest BCUT2D eigenvalue weighted by Crippen LogP contribution is -2.41. The van der Waals surface area contributed by atoms with Crippen molar-refractivity contribution in [3.8, 4) is 11.5 Å². The van der Waals surface area contributed by atoms with Crippen LogP contribution in [0, 0.1) is 0 Å². The van der Waals surface area contributed by atoms with Gasteiger partial charge in [-0.15, -0.1) is 0 Å². The highest BCUT2D eigenvalue weighted by molar-refractivity contribution is 6.06. The minimum atomic E-state index is -4.56. The van der Waals surface area contributed by atoms with Crippen LogP contribution in [0.1, 0.15) is 52.7 Å². The Bertz CT molecular complexity index is 1400. The molecule has 1 aliphatic heterocycles. The Labute approximate surface area is 235 Å². The summed E-state index contributed by atoms with van der Waals surface area (Å²) in [5.74, 6) is 1.07. The van der Waals surface area contributed by atoms with Gasteiger partial charge in [-0.2, -0.15) is 13.2 Å². The van der Waals surface area contributed by atoms with Crippen molar-refractivity contribution < 1.29 is 42.4 Å². The maximum absolute atomic E-state index is 13.6. The molecule has 1 aliphatic carbocycles. The topological polar surface area (TPSA) is 108 Å². The Kier molecular flexibility index (Phi) is 8.95. The molecule has 0 aromatic heterocycles. The van der Waals surface area contributed by atoms with Crippen molar-refractivity contribution in [3.05, 3.63) is 82.9 Å². The zero-order chi connectivity index (χ0) is 29.7. The molecule has 3 aromatic carbocycles. The molecule has 11 heteroatoms. The molecule has 1 heterocycles. The first-order valence-corrected chi connectivity index (χ1v) is 13.1. The van der Waals surface area contributed by atoms with Crippen LogP contribution in [-0.4, -0.2) is 48.6 Å². The van der Waals surface area contributed by atoms with Crippen molar-refractivity contribution in [1.82, 2.24) is 0 Å². The second-order valence-electron chi connectivity index (χ2n) is 9.89. The summed E-state index contributed by atoms with van der Waals surface area (Å²) >= 11 is 0. The van der Waals surface area contributed by atoms with Crippen molar-refractivity contribution in [1.29, 1.82) is 0 Å². The summed E-state index contributed by atoms with van der Waals surface area (Å²) in [5, 5.41) is 16.5. The summed E-state index contributed by atoms with van der Waals surface area (Å²) in [5.41, 5.74) is 1.81. The predicted octanol–water partition coefficient (Wildman–Crippen LogP) is 6.90. The zero-order valence-corrected chi connectivity index (χ0v) is 22.6. The molecule has 2 aliphatic rings. The number of nitrogens with one attached hydrogen (secondary N) is 1. The minimum Gasteiger partial charge on any atom is -0.490 e. The predicted molar refractivity (Wildman–Crippen MR) is 147 cm³/mol. The number of benzene rings is 3. The van der Waals surface area contributed by atoms with Gasteiger partial charge in [0, 0.05) is 12.6 Å². The van der Waals surface area contributed by atoms with Crippen molar-refractivity contribution in [2.45, 2.75) is 44.4 Å². The number of carboxylic acid groups (broad SMARTS) is 2. The number of hydrogen-bond acceptors (Lipinski definition) is 5. The highest BCUT2D eigenvalue weighted by Crippen LogP contribution is 2.43. The Morgan fingerprint density at radius 3 is 2.44 bits per heavy atom. The van der Waals surface area contributed by atoms with Gasteiger partial charge >= 0.3 is 12.3 Å². The minimum absolute atomic E-state index is 0.174. The number of hydrogen-bond donors (Lipinski definition) is 3. The Hall–Kier alpha value is -4.41. The molecule has 218 valence electrons. The summed E-state index contributed by atoms with van der Waals surface area (Å²) in [6, 6.07) is 16.9. The van der Waals surface area contributed by atoms with Crippen LogP contribution in [0.4, 0.5) is 29.3 Å². The molecule has 1 atom stereocenters. The number of fused-ring (bicyclic) bond motifs is 1. The third kappa shape index (κ3) is 7.62. The van der Waals surface area contributed by atoms with Crippen LogP contribution in [0.15, 0.2) is 60.7 Å². The van der Waals surface area contributed by atoms with Gasteiger partial charge in [0.1, 0.15) is 24.2 Å². The lowest BCUT2D eigenvalue weighted by atomic mass is 10.0. The van der Waals surface area contributed by atoms with Gasteiger partial charge in [0.15, 0.2) is 0 Å². The van der Waals surface area contributed by atoms with E-state index in [0.717, 1.165) is 35.9 Å². The van der Waals surface area contributed by atoms with Crippen molar-refractivity contribution in [2.75, 3.05) is 30.4 Å². The number of rotatable bonds is 7. The number of ether oxygens (including phenoxy) is 2. The molecule has 0 spiro atoms. The molecule has 0 unspecified atom stereocenters. The van der Waals surface area contributed by atoms with Crippen LogP contribution >= 0.6 is 0 Å². The maximum Gasteiger partial charge on any atom is 0.503 e. The number of para-hydroxylation sites is 2. The lowest BCUT2D eigenvalue weighted by Gasteiger charge is -2.33. The van der Waals surface area contributed by atoms with E-state index in [1.165, 1.54) is 12.1 Å². The molecule has 0 bridgehead atoms. The summed E-state index contributed by atoms with van der Waals surface area (Å²) in [7, 11) is 2.00. The number of halogens is 3. The van der Waals surface area contributed by atoms with Crippen LogP contribution < -0.4 is 19.7 Å². The highest BCUT2D eigenvalue weighted by atomic mass is 19.4. The Morgan fingerprint density at radius 1 is 1.07 bits per heavy atom. The Morgan fingerprint density at radius 2 is 1.78 bits per heavy atom. The zero-order valence-electron chi connectivity index (χ0n) is 22.6. The highest BCUT2D eigenvalue weighted by Gasteiger charge is 2.35. The van der Waals surface area contributed by atoms with E-state index >= 15 is 0 Å². The van der Waals surface area contributed by atoms with Gasteiger partial charge in [0.25, 0.3) is 5.91 Å². The molecule has 0 radical (unpaired) electrons. The smallest absolute Gasteiger partial charge is 0.490 e. The van der Waals surface area contributed by atoms with Gasteiger partial charge in [0.2, 0.25) is 0 Å². The van der Waals surface area contributed by atoms with Gasteiger partial charge in [-0.3, -0.25) is 4.79 Å². The van der Waals surface area contributed by atoms with Gasteiger partial charge in [0.05, 0.1) is 23.5 Å². The average Bonchev–Trinajstić information content (AvgIpc) is 3.76. The first-order chi connectivity index (χ1) is 19.5. The number of carbonyl (C=O) groups is 2. The SMILES string of the molecule is CCc1cc(OC[C@@H]2CN(C)c3ccccc3O2)ccc1C(=O)Nc1cc(C2CC2)ccc1C(F)(F)F.O=C(O)O. The number of alkyl halides is 3. The van der Waals surface area contributed by atoms with E-state index in [4.69, 9.17) is 24.5 Å². The molecule has 1 amide bonds. The van der Waals surface area contributed by atoms with Crippen LogP contribution in [0.25, 0.3) is 0 Å². The molecule has 5 rings (SSSR count). The third-order valence-corrected chi connectivity index (χ3v) is 6.83. The van der Waals surface area contributed by atoms with E-state index in [0.29, 0.717) is 36.4 Å². The van der Waals surface area contributed by atoms with E-state index < -0.39 is 23.8 Å². The molecule has 0 saturated heterocycles. The van der Waals surface area contributed by atoms with Gasteiger partial charge in [-0.1, -0.05) is 25.1 Å². The molecule has 3 aromatic rings. The lowest BCUT2D eigenvalue weighted by molar-refractivity contribution is -0.136. The second-order valence-corrected chi connectivity index (χ2v) is 9.89. The third-order valence-electron chi connectivity index (χ3n) is 6.83. The molecular formula is C30H31F3N2O6. The first-order valence-electron chi connectivity index (χ1n) is 13.1. The fourth-order valence-electron chi connectivity index (χ4n) is 4.72. The summed E-state index contributed by atoms with van der Waals surface area (Å²) in [4.78, 5) is 23.8. The van der Waals surface area contributed by atoms with Gasteiger partial charge < -0.3 is 29.9 Å². The maximum atomic E-state index is 13.6. The van der Waals surface area contributed by atoms with E-state index in [1.807, 2.05) is 38.2 Å². The molecule has 1 fully saturated rings. The molecular weight excluding hydrogens is 541 g/mol. The Balaban J connectivity index is 0.000000909. The number of carbonyl (C=O) groups excluding carboxylic acids is 1. The van der Waals surface area contributed by atoms with Crippen LogP contribution in [0.3, 0.4) is 0 Å². The fourth-order valence-corrected chi connectivity index (χ4v) is 4.72. The van der Waals surface area contributed by atoms with Crippen LogP contribution in [0.5, 0.6) is 11.5 Å². The van der Waals surface area contributed by atoms with E-state index in [-0.39, 0.29) is 17.7 Å². The summed E-state index contributed by atoms with van der Waals surface area (Å²) < 4.78 is 52.9. The molecule has 8 nitrogen and oxygen atoms in total. The monoisotopic (exact) mass is 572 g/mol. The normalized spacial score (nSPS) is 16.0. The quantitative estimate of drug-likeness (QED) is 0.283. The number of anilines is 2. The van der Waals surface area contributed by atoms with E-state index in [2.05, 4.69) is 10.2 Å². The van der Waals surface area contributed by atoms with Crippen molar-refractivity contribution in [2.24, 2.45) is 0 Å². The second kappa shape index (κ2) is 12.4. The van der Waals surface area contributed by atoms with Crippen molar-refractivity contribution in [3.63, 3.8) is 0 Å². The van der Waals surface area contributed by atoms with Gasteiger partial charge in [-0.25, -0.2) is 4.79 Å². The van der Waals surface area contributed by atoms with Gasteiger partial charge in [-0.05, 0) is 78.8 Å². The number of aryl methyl sites for hydroxylation is 1. The van der Waals surface area contributed by atoms with Crippen LogP contribution in [0.2, 0.25) is 0 Å².